The summed E-state index contributed by atoms with van der Waals surface area (Å²) < 4.78 is 29.3. The lowest BCUT2D eigenvalue weighted by Gasteiger charge is -2.03. The second-order valence-corrected chi connectivity index (χ2v) is 6.44. The molecule has 6 heteroatoms. The summed E-state index contributed by atoms with van der Waals surface area (Å²) in [4.78, 5) is 11.4. The summed E-state index contributed by atoms with van der Waals surface area (Å²) in [7, 11) is -3.93. The summed E-state index contributed by atoms with van der Waals surface area (Å²) in [5.41, 5.74) is 0. The lowest BCUT2D eigenvalue weighted by Crippen LogP contribution is -2.28. The molecule has 5 nitrogen and oxygen atoms in total. The highest BCUT2D eigenvalue weighted by Crippen LogP contribution is 2.08. The van der Waals surface area contributed by atoms with Gasteiger partial charge >= 0.3 is 0 Å². The summed E-state index contributed by atoms with van der Waals surface area (Å²) in [5, 5.41) is 2.72. The summed E-state index contributed by atoms with van der Waals surface area (Å²) in [6.45, 7) is 2.49. The van der Waals surface area contributed by atoms with Gasteiger partial charge in [0.05, 0.1) is 12.3 Å². The van der Waals surface area contributed by atoms with E-state index in [-0.39, 0.29) is 24.6 Å². The lowest BCUT2D eigenvalue weighted by atomic mass is 10.1. The van der Waals surface area contributed by atoms with Crippen LogP contribution in [0.25, 0.3) is 0 Å². The van der Waals surface area contributed by atoms with Gasteiger partial charge < -0.3 is 5.32 Å². The van der Waals surface area contributed by atoms with E-state index in [2.05, 4.69) is 12.2 Å². The van der Waals surface area contributed by atoms with Gasteiger partial charge in [0.1, 0.15) is 5.78 Å². The van der Waals surface area contributed by atoms with Crippen LogP contribution in [0.3, 0.4) is 0 Å². The largest absolute Gasteiger partial charge is 0.309 e. The van der Waals surface area contributed by atoms with E-state index >= 15 is 0 Å². The highest BCUT2D eigenvalue weighted by Gasteiger charge is 2.05. The van der Waals surface area contributed by atoms with Crippen LogP contribution in [-0.4, -0.2) is 37.6 Å². The van der Waals surface area contributed by atoms with Crippen LogP contribution in [0.1, 0.15) is 58.3 Å². The van der Waals surface area contributed by atoms with Gasteiger partial charge in [-0.25, -0.2) is 0 Å². The minimum atomic E-state index is -3.93. The van der Waals surface area contributed by atoms with Crippen LogP contribution >= 0.6 is 0 Å². The summed E-state index contributed by atoms with van der Waals surface area (Å²) >= 11 is 0. The van der Waals surface area contributed by atoms with E-state index in [4.69, 9.17) is 4.55 Å². The monoisotopic (exact) mass is 293 g/mol. The molecule has 0 aromatic carbocycles. The molecule has 0 atom stereocenters. The summed E-state index contributed by atoms with van der Waals surface area (Å²) in [5.74, 6) is -0.249. The zero-order valence-electron chi connectivity index (χ0n) is 11.9. The predicted octanol–water partition coefficient (Wildman–Crippen LogP) is 2.17. The van der Waals surface area contributed by atoms with E-state index in [1.165, 1.54) is 32.1 Å². The number of carbonyl (C=O) groups is 1. The molecule has 0 amide bonds. The van der Waals surface area contributed by atoms with Gasteiger partial charge in [-0.2, -0.15) is 8.42 Å². The van der Waals surface area contributed by atoms with Crippen LogP contribution in [0.2, 0.25) is 0 Å². The fourth-order valence-corrected chi connectivity index (χ4v) is 2.20. The molecular weight excluding hydrogens is 266 g/mol. The Kier molecular flexibility index (Phi) is 11.1. The van der Waals surface area contributed by atoms with Crippen molar-refractivity contribution in [2.24, 2.45) is 0 Å². The summed E-state index contributed by atoms with van der Waals surface area (Å²) in [6.07, 6.45) is 8.78. The first-order valence-corrected chi connectivity index (χ1v) is 8.74. The van der Waals surface area contributed by atoms with Crippen molar-refractivity contribution in [3.05, 3.63) is 0 Å². The quantitative estimate of drug-likeness (QED) is 0.401. The Bertz CT molecular complexity index is 328. The standard InChI is InChI=1S/C13H27NO4S/c1-2-3-4-5-6-7-8-9-13(15)12-14-10-11-19(16,17)18/h14H,2-12H2,1H3,(H,16,17,18). The first kappa shape index (κ1) is 18.5. The minimum Gasteiger partial charge on any atom is -0.309 e. The molecule has 0 rings (SSSR count). The molecule has 0 saturated carbocycles. The lowest BCUT2D eigenvalue weighted by molar-refractivity contribution is -0.118. The second kappa shape index (κ2) is 11.4. The Labute approximate surface area is 116 Å². The number of rotatable bonds is 13. The fourth-order valence-electron chi connectivity index (χ4n) is 1.80. The SMILES string of the molecule is CCCCCCCCCC(=O)CNCCS(=O)(=O)O. The van der Waals surface area contributed by atoms with Gasteiger partial charge in [0.2, 0.25) is 0 Å². The number of unbranched alkanes of at least 4 members (excludes halogenated alkanes) is 6. The second-order valence-electron chi connectivity index (χ2n) is 4.87. The van der Waals surface area contributed by atoms with E-state index in [0.717, 1.165) is 12.8 Å². The highest BCUT2D eigenvalue weighted by atomic mass is 32.2. The maximum Gasteiger partial charge on any atom is 0.266 e. The molecular formula is C13H27NO4S. The van der Waals surface area contributed by atoms with Crippen LogP contribution in [-0.2, 0) is 14.9 Å². The van der Waals surface area contributed by atoms with Crippen LogP contribution in [0, 0.1) is 0 Å². The molecule has 0 unspecified atom stereocenters. The van der Waals surface area contributed by atoms with E-state index in [0.29, 0.717) is 6.42 Å². The highest BCUT2D eigenvalue weighted by molar-refractivity contribution is 7.85. The molecule has 19 heavy (non-hydrogen) atoms. The molecule has 0 aliphatic rings. The van der Waals surface area contributed by atoms with Crippen molar-refractivity contribution in [1.82, 2.24) is 5.32 Å². The number of ketones is 1. The average molecular weight is 293 g/mol. The Morgan fingerprint density at radius 2 is 1.63 bits per heavy atom. The Hall–Kier alpha value is -0.460. The van der Waals surface area contributed by atoms with E-state index < -0.39 is 10.1 Å². The topological polar surface area (TPSA) is 83.5 Å². The molecule has 0 aliphatic carbocycles. The molecule has 2 N–H and O–H groups in total. The molecule has 0 aromatic heterocycles. The predicted molar refractivity (Wildman–Crippen MR) is 76.9 cm³/mol. The van der Waals surface area contributed by atoms with Crippen molar-refractivity contribution in [2.45, 2.75) is 58.3 Å². The molecule has 114 valence electrons. The first-order valence-electron chi connectivity index (χ1n) is 7.13. The maximum absolute atomic E-state index is 11.4. The van der Waals surface area contributed by atoms with Gasteiger partial charge in [0.15, 0.2) is 0 Å². The van der Waals surface area contributed by atoms with E-state index in [1.54, 1.807) is 0 Å². The molecule has 0 spiro atoms. The smallest absolute Gasteiger partial charge is 0.266 e. The van der Waals surface area contributed by atoms with Crippen LogP contribution in [0.5, 0.6) is 0 Å². The van der Waals surface area contributed by atoms with Crippen molar-refractivity contribution in [2.75, 3.05) is 18.8 Å². The van der Waals surface area contributed by atoms with Gasteiger partial charge in [0.25, 0.3) is 10.1 Å². The van der Waals surface area contributed by atoms with Gasteiger partial charge in [-0.05, 0) is 6.42 Å². The van der Waals surface area contributed by atoms with Gasteiger partial charge in [-0.15, -0.1) is 0 Å². The van der Waals surface area contributed by atoms with Gasteiger partial charge in [0, 0.05) is 13.0 Å². The molecule has 0 saturated heterocycles. The van der Waals surface area contributed by atoms with Gasteiger partial charge in [-0.3, -0.25) is 9.35 Å². The Morgan fingerprint density at radius 3 is 2.21 bits per heavy atom. The number of hydrogen-bond acceptors (Lipinski definition) is 4. The zero-order valence-corrected chi connectivity index (χ0v) is 12.7. The number of hydrogen-bond donors (Lipinski definition) is 2. The number of nitrogens with one attached hydrogen (secondary N) is 1. The van der Waals surface area contributed by atoms with Gasteiger partial charge in [-0.1, -0.05) is 45.4 Å². The number of carbonyl (C=O) groups excluding carboxylic acids is 1. The molecule has 0 heterocycles. The average Bonchev–Trinajstić information content (AvgIpc) is 2.32. The number of Topliss-reactive ketones (excluding diaryl/α,β-unsaturated/α-hetero) is 1. The third-order valence-corrected chi connectivity index (χ3v) is 3.64. The Balaban J connectivity index is 3.31. The molecule has 0 radical (unpaired) electrons. The van der Waals surface area contributed by atoms with Crippen molar-refractivity contribution in [3.63, 3.8) is 0 Å². The van der Waals surface area contributed by atoms with Crippen molar-refractivity contribution in [3.8, 4) is 0 Å². The van der Waals surface area contributed by atoms with Crippen molar-refractivity contribution < 1.29 is 17.8 Å². The minimum absolute atomic E-state index is 0.101. The first-order chi connectivity index (χ1) is 8.95. The summed E-state index contributed by atoms with van der Waals surface area (Å²) in [6, 6.07) is 0. The Morgan fingerprint density at radius 1 is 1.05 bits per heavy atom. The third kappa shape index (κ3) is 15.5. The normalized spacial score (nSPS) is 11.7. The van der Waals surface area contributed by atoms with Crippen molar-refractivity contribution >= 4 is 15.9 Å². The molecule has 0 aromatic rings. The molecule has 0 bridgehead atoms. The molecule has 0 aliphatic heterocycles. The van der Waals surface area contributed by atoms with E-state index in [1.807, 2.05) is 0 Å². The van der Waals surface area contributed by atoms with Crippen LogP contribution < -0.4 is 5.32 Å². The van der Waals surface area contributed by atoms with Crippen LogP contribution in [0.15, 0.2) is 0 Å². The maximum atomic E-state index is 11.4. The van der Waals surface area contributed by atoms with E-state index in [9.17, 15) is 13.2 Å². The van der Waals surface area contributed by atoms with Crippen molar-refractivity contribution in [1.29, 1.82) is 0 Å². The zero-order chi connectivity index (χ0) is 14.6. The van der Waals surface area contributed by atoms with Crippen LogP contribution in [0.4, 0.5) is 0 Å². The fraction of sp³-hybridized carbons (Fsp3) is 0.923. The molecule has 0 fully saturated rings. The third-order valence-electron chi connectivity index (χ3n) is 2.92.